The van der Waals surface area contributed by atoms with Crippen molar-refractivity contribution in [1.82, 2.24) is 14.8 Å². The number of morpholine rings is 1. The number of anilines is 1. The van der Waals surface area contributed by atoms with Crippen molar-refractivity contribution in [2.45, 2.75) is 32.9 Å². The van der Waals surface area contributed by atoms with Crippen molar-refractivity contribution in [2.75, 3.05) is 57.3 Å². The molecule has 0 saturated carbocycles. The van der Waals surface area contributed by atoms with Crippen LogP contribution in [-0.2, 0) is 4.74 Å². The van der Waals surface area contributed by atoms with E-state index in [9.17, 15) is 5.26 Å². The summed E-state index contributed by atoms with van der Waals surface area (Å²) in [6.45, 7) is 14.2. The van der Waals surface area contributed by atoms with Crippen LogP contribution in [0, 0.1) is 18.3 Å². The van der Waals surface area contributed by atoms with Gasteiger partial charge in [0.2, 0.25) is 0 Å². The van der Waals surface area contributed by atoms with Crippen LogP contribution >= 0.6 is 0 Å². The molecule has 1 atom stereocenters. The maximum absolute atomic E-state index is 9.33. The molecule has 2 saturated heterocycles. The molecule has 6 heteroatoms. The SMILES string of the molecule is Cc1ccc(C#N)c(N2CCN(CC3CN(C(C)C)CCO3)CC2)n1. The molecule has 0 amide bonds. The molecule has 1 aromatic heterocycles. The lowest BCUT2D eigenvalue weighted by molar-refractivity contribution is -0.0525. The van der Waals surface area contributed by atoms with E-state index in [2.05, 4.69) is 39.6 Å². The van der Waals surface area contributed by atoms with Crippen molar-refractivity contribution >= 4 is 5.82 Å². The Balaban J connectivity index is 1.54. The van der Waals surface area contributed by atoms with E-state index in [4.69, 9.17) is 4.74 Å². The van der Waals surface area contributed by atoms with E-state index in [1.807, 2.05) is 19.1 Å². The van der Waals surface area contributed by atoms with Crippen LogP contribution in [0.15, 0.2) is 12.1 Å². The van der Waals surface area contributed by atoms with E-state index in [-0.39, 0.29) is 0 Å². The third-order valence-electron chi connectivity index (χ3n) is 5.17. The lowest BCUT2D eigenvalue weighted by Gasteiger charge is -2.40. The number of aryl methyl sites for hydroxylation is 1. The predicted molar refractivity (Wildman–Crippen MR) is 98.8 cm³/mol. The maximum atomic E-state index is 9.33. The summed E-state index contributed by atoms with van der Waals surface area (Å²) < 4.78 is 5.97. The normalized spacial score (nSPS) is 23.0. The Kier molecular flexibility index (Phi) is 5.89. The fourth-order valence-corrected chi connectivity index (χ4v) is 3.62. The van der Waals surface area contributed by atoms with Crippen molar-refractivity contribution < 1.29 is 4.74 Å². The second-order valence-corrected chi connectivity index (χ2v) is 7.30. The van der Waals surface area contributed by atoms with Gasteiger partial charge in [0.15, 0.2) is 0 Å². The number of hydrogen-bond donors (Lipinski definition) is 0. The topological polar surface area (TPSA) is 55.6 Å². The third-order valence-corrected chi connectivity index (χ3v) is 5.17. The van der Waals surface area contributed by atoms with Crippen LogP contribution in [0.2, 0.25) is 0 Å². The van der Waals surface area contributed by atoms with Gasteiger partial charge in [-0.3, -0.25) is 9.80 Å². The van der Waals surface area contributed by atoms with Crippen LogP contribution in [0.5, 0.6) is 0 Å². The minimum absolute atomic E-state index is 0.300. The maximum Gasteiger partial charge on any atom is 0.146 e. The Hall–Kier alpha value is -1.68. The first-order valence-corrected chi connectivity index (χ1v) is 9.27. The summed E-state index contributed by atoms with van der Waals surface area (Å²) in [7, 11) is 0. The standard InChI is InChI=1S/C19H29N5O/c1-15(2)24-10-11-25-18(14-24)13-22-6-8-23(9-7-22)19-17(12-20)5-4-16(3)21-19/h4-5,15,18H,6-11,13-14H2,1-3H3. The van der Waals surface area contributed by atoms with Gasteiger partial charge < -0.3 is 9.64 Å². The van der Waals surface area contributed by atoms with Crippen molar-refractivity contribution in [1.29, 1.82) is 5.26 Å². The third kappa shape index (κ3) is 4.49. The van der Waals surface area contributed by atoms with Crippen LogP contribution in [-0.4, -0.2) is 79.3 Å². The number of nitriles is 1. The Morgan fingerprint density at radius 1 is 1.24 bits per heavy atom. The summed E-state index contributed by atoms with van der Waals surface area (Å²) in [5.41, 5.74) is 1.63. The van der Waals surface area contributed by atoms with Crippen LogP contribution in [0.4, 0.5) is 5.82 Å². The molecule has 0 aromatic carbocycles. The fraction of sp³-hybridized carbons (Fsp3) is 0.684. The highest BCUT2D eigenvalue weighted by Crippen LogP contribution is 2.20. The molecule has 0 bridgehead atoms. The van der Waals surface area contributed by atoms with E-state index >= 15 is 0 Å². The Labute approximate surface area is 151 Å². The van der Waals surface area contributed by atoms with Crippen LogP contribution in [0.25, 0.3) is 0 Å². The first kappa shape index (κ1) is 18.1. The van der Waals surface area contributed by atoms with E-state index in [0.717, 1.165) is 63.9 Å². The number of aromatic nitrogens is 1. The smallest absolute Gasteiger partial charge is 0.146 e. The molecule has 2 aliphatic heterocycles. The Morgan fingerprint density at radius 3 is 2.68 bits per heavy atom. The molecule has 0 spiro atoms. The van der Waals surface area contributed by atoms with Gasteiger partial charge in [-0.05, 0) is 32.9 Å². The molecule has 6 nitrogen and oxygen atoms in total. The van der Waals surface area contributed by atoms with Gasteiger partial charge in [0.25, 0.3) is 0 Å². The van der Waals surface area contributed by atoms with E-state index in [1.54, 1.807) is 0 Å². The highest BCUT2D eigenvalue weighted by Gasteiger charge is 2.26. The second-order valence-electron chi connectivity index (χ2n) is 7.30. The average Bonchev–Trinajstić information content (AvgIpc) is 2.62. The van der Waals surface area contributed by atoms with Crippen molar-refractivity contribution in [3.8, 4) is 6.07 Å². The predicted octanol–water partition coefficient (Wildman–Crippen LogP) is 1.49. The van der Waals surface area contributed by atoms with Crippen LogP contribution in [0.1, 0.15) is 25.1 Å². The lowest BCUT2D eigenvalue weighted by Crippen LogP contribution is -2.53. The minimum atomic E-state index is 0.300. The van der Waals surface area contributed by atoms with Crippen molar-refractivity contribution in [3.05, 3.63) is 23.4 Å². The summed E-state index contributed by atoms with van der Waals surface area (Å²) in [4.78, 5) is 11.8. The number of pyridine rings is 1. The Morgan fingerprint density at radius 2 is 2.00 bits per heavy atom. The highest BCUT2D eigenvalue weighted by atomic mass is 16.5. The minimum Gasteiger partial charge on any atom is -0.374 e. The molecule has 3 rings (SSSR count). The monoisotopic (exact) mass is 343 g/mol. The van der Waals surface area contributed by atoms with Gasteiger partial charge in [-0.2, -0.15) is 5.26 Å². The number of ether oxygens (including phenoxy) is 1. The zero-order valence-electron chi connectivity index (χ0n) is 15.6. The molecule has 2 aliphatic rings. The zero-order valence-corrected chi connectivity index (χ0v) is 15.6. The van der Waals surface area contributed by atoms with Gasteiger partial charge in [0.1, 0.15) is 11.9 Å². The van der Waals surface area contributed by atoms with Gasteiger partial charge in [-0.1, -0.05) is 0 Å². The molecule has 136 valence electrons. The lowest BCUT2D eigenvalue weighted by atomic mass is 10.2. The molecular weight excluding hydrogens is 314 g/mol. The van der Waals surface area contributed by atoms with E-state index in [0.29, 0.717) is 17.7 Å². The summed E-state index contributed by atoms with van der Waals surface area (Å²) in [5.74, 6) is 0.835. The molecule has 3 heterocycles. The van der Waals surface area contributed by atoms with Gasteiger partial charge in [-0.25, -0.2) is 4.98 Å². The van der Waals surface area contributed by atoms with Gasteiger partial charge in [0, 0.05) is 57.5 Å². The molecule has 1 unspecified atom stereocenters. The summed E-state index contributed by atoms with van der Waals surface area (Å²) >= 11 is 0. The molecule has 0 N–H and O–H groups in total. The fourth-order valence-electron chi connectivity index (χ4n) is 3.62. The highest BCUT2D eigenvalue weighted by molar-refractivity contribution is 5.54. The summed E-state index contributed by atoms with van der Waals surface area (Å²) in [6, 6.07) is 6.63. The van der Waals surface area contributed by atoms with E-state index in [1.165, 1.54) is 0 Å². The molecule has 2 fully saturated rings. The number of hydrogen-bond acceptors (Lipinski definition) is 6. The number of rotatable bonds is 4. The largest absolute Gasteiger partial charge is 0.374 e. The van der Waals surface area contributed by atoms with Gasteiger partial charge in [0.05, 0.1) is 18.3 Å². The zero-order chi connectivity index (χ0) is 17.8. The number of nitrogens with zero attached hydrogens (tertiary/aromatic N) is 5. The summed E-state index contributed by atoms with van der Waals surface area (Å²) in [6.07, 6.45) is 0.300. The first-order chi connectivity index (χ1) is 12.1. The molecular formula is C19H29N5O. The summed E-state index contributed by atoms with van der Waals surface area (Å²) in [5, 5.41) is 9.33. The van der Waals surface area contributed by atoms with Crippen LogP contribution in [0.3, 0.4) is 0 Å². The second kappa shape index (κ2) is 8.13. The number of piperazine rings is 1. The quantitative estimate of drug-likeness (QED) is 0.826. The molecule has 0 radical (unpaired) electrons. The molecule has 25 heavy (non-hydrogen) atoms. The van der Waals surface area contributed by atoms with E-state index < -0.39 is 0 Å². The van der Waals surface area contributed by atoms with Crippen molar-refractivity contribution in [2.24, 2.45) is 0 Å². The van der Waals surface area contributed by atoms with Crippen LogP contribution < -0.4 is 4.90 Å². The van der Waals surface area contributed by atoms with Gasteiger partial charge in [-0.15, -0.1) is 0 Å². The first-order valence-electron chi connectivity index (χ1n) is 9.27. The molecule has 0 aliphatic carbocycles. The van der Waals surface area contributed by atoms with Crippen molar-refractivity contribution in [3.63, 3.8) is 0 Å². The van der Waals surface area contributed by atoms with Gasteiger partial charge >= 0.3 is 0 Å². The average molecular weight is 343 g/mol. The Bertz CT molecular complexity index is 619. The molecule has 1 aromatic rings.